The molecule has 0 bridgehead atoms. The van der Waals surface area contributed by atoms with E-state index in [1.54, 1.807) is 30.3 Å². The summed E-state index contributed by atoms with van der Waals surface area (Å²) in [7, 11) is 1.53. The van der Waals surface area contributed by atoms with Gasteiger partial charge in [0.15, 0.2) is 17.0 Å². The number of hydrogen-bond donors (Lipinski definition) is 1. The van der Waals surface area contributed by atoms with Crippen molar-refractivity contribution in [1.29, 1.82) is 0 Å². The van der Waals surface area contributed by atoms with Crippen LogP contribution in [0.1, 0.15) is 35.4 Å². The molecule has 6 rings (SSSR count). The molecule has 2 fully saturated rings. The molecule has 0 unspecified atom stereocenters. The van der Waals surface area contributed by atoms with E-state index in [0.29, 0.717) is 49.4 Å². The molecule has 1 amide bonds. The second-order valence-corrected chi connectivity index (χ2v) is 11.7. The number of nitro groups is 1. The first kappa shape index (κ1) is 26.4. The Bertz CT molecular complexity index is 1500. The van der Waals surface area contributed by atoms with E-state index in [-0.39, 0.29) is 23.5 Å². The molecule has 2 saturated heterocycles. The zero-order valence-corrected chi connectivity index (χ0v) is 23.9. The molecule has 3 aromatic carbocycles. The van der Waals surface area contributed by atoms with E-state index in [2.05, 4.69) is 26.1 Å². The van der Waals surface area contributed by atoms with Crippen LogP contribution in [0.2, 0.25) is 10.0 Å². The van der Waals surface area contributed by atoms with Gasteiger partial charge in [0, 0.05) is 44.4 Å². The van der Waals surface area contributed by atoms with Gasteiger partial charge in [0.2, 0.25) is 0 Å². The number of rotatable bonds is 6. The van der Waals surface area contributed by atoms with E-state index in [1.165, 1.54) is 7.11 Å². The fraction of sp³-hybridized carbons (Fsp3) is 0.321. The van der Waals surface area contributed by atoms with Gasteiger partial charge in [-0.3, -0.25) is 19.8 Å². The number of benzene rings is 3. The lowest BCUT2D eigenvalue weighted by atomic mass is 9.77. The fourth-order valence-electron chi connectivity index (χ4n) is 6.64. The predicted molar refractivity (Wildman–Crippen MR) is 151 cm³/mol. The Morgan fingerprint density at radius 1 is 1.21 bits per heavy atom. The Morgan fingerprint density at radius 2 is 2.00 bits per heavy atom. The SMILES string of the molecule is COc1cc([C@H]2[C@H]([N+](=O)[O-])[C@@]3(C(=O)Nc4ccccc43)N3CCC[C@@H]23)cc(Br)c1OCc1ccc(Cl)cc1Cl. The number of nitrogens with zero attached hydrogens (tertiary/aromatic N) is 2. The number of amides is 1. The smallest absolute Gasteiger partial charge is 0.256 e. The van der Waals surface area contributed by atoms with Gasteiger partial charge < -0.3 is 14.8 Å². The van der Waals surface area contributed by atoms with E-state index in [1.807, 2.05) is 24.3 Å². The first-order chi connectivity index (χ1) is 18.8. The first-order valence-corrected chi connectivity index (χ1v) is 14.1. The van der Waals surface area contributed by atoms with Crippen LogP contribution in [0.15, 0.2) is 59.1 Å². The van der Waals surface area contributed by atoms with Gasteiger partial charge in [0.25, 0.3) is 11.9 Å². The van der Waals surface area contributed by atoms with Crippen LogP contribution < -0.4 is 14.8 Å². The van der Waals surface area contributed by atoms with Gasteiger partial charge in [-0.1, -0.05) is 47.5 Å². The number of carbonyl (C=O) groups excluding carboxylic acids is 1. The van der Waals surface area contributed by atoms with E-state index < -0.39 is 17.5 Å². The Labute approximate surface area is 243 Å². The molecule has 1 N–H and O–H groups in total. The van der Waals surface area contributed by atoms with Crippen LogP contribution in [0, 0.1) is 10.1 Å². The Hall–Kier alpha value is -2.85. The number of nitrogens with one attached hydrogen (secondary N) is 1. The minimum Gasteiger partial charge on any atom is -0.493 e. The van der Waals surface area contributed by atoms with Crippen LogP contribution in [0.3, 0.4) is 0 Å². The highest BCUT2D eigenvalue weighted by Crippen LogP contribution is 2.58. The third-order valence-corrected chi connectivity index (χ3v) is 9.29. The molecular weight excluding hydrogens is 609 g/mol. The second-order valence-electron chi connectivity index (χ2n) is 9.98. The third-order valence-electron chi connectivity index (χ3n) is 8.12. The zero-order valence-electron chi connectivity index (χ0n) is 20.8. The Balaban J connectivity index is 1.42. The summed E-state index contributed by atoms with van der Waals surface area (Å²) in [5.41, 5.74) is 1.37. The molecule has 3 aromatic rings. The molecular formula is C28H24BrCl2N3O5. The Morgan fingerprint density at radius 3 is 2.74 bits per heavy atom. The molecule has 0 aliphatic carbocycles. The van der Waals surface area contributed by atoms with Crippen molar-refractivity contribution >= 4 is 50.7 Å². The largest absolute Gasteiger partial charge is 0.493 e. The van der Waals surface area contributed by atoms with Crippen molar-refractivity contribution in [3.63, 3.8) is 0 Å². The Kier molecular flexibility index (Phi) is 6.74. The van der Waals surface area contributed by atoms with Crippen LogP contribution in [0.5, 0.6) is 11.5 Å². The van der Waals surface area contributed by atoms with Crippen LogP contribution in [0.25, 0.3) is 0 Å². The van der Waals surface area contributed by atoms with E-state index in [0.717, 1.165) is 18.4 Å². The number of fused-ring (bicyclic) bond motifs is 4. The van der Waals surface area contributed by atoms with Crippen molar-refractivity contribution in [3.8, 4) is 11.5 Å². The van der Waals surface area contributed by atoms with Crippen molar-refractivity contribution in [2.45, 2.75) is 43.0 Å². The van der Waals surface area contributed by atoms with Gasteiger partial charge in [-0.2, -0.15) is 0 Å². The summed E-state index contributed by atoms with van der Waals surface area (Å²) in [6.07, 6.45) is 1.60. The molecule has 3 aliphatic rings. The van der Waals surface area contributed by atoms with E-state index in [9.17, 15) is 14.9 Å². The third kappa shape index (κ3) is 4.01. The lowest BCUT2D eigenvalue weighted by Gasteiger charge is -2.32. The molecule has 3 aliphatic heterocycles. The number of carbonyl (C=O) groups is 1. The predicted octanol–water partition coefficient (Wildman–Crippen LogP) is 6.40. The first-order valence-electron chi connectivity index (χ1n) is 12.5. The number of halogens is 3. The summed E-state index contributed by atoms with van der Waals surface area (Å²) in [4.78, 5) is 28.3. The van der Waals surface area contributed by atoms with Gasteiger partial charge in [-0.25, -0.2) is 0 Å². The maximum absolute atomic E-state index is 13.7. The van der Waals surface area contributed by atoms with Gasteiger partial charge >= 0.3 is 0 Å². The summed E-state index contributed by atoms with van der Waals surface area (Å²) >= 11 is 15.9. The summed E-state index contributed by atoms with van der Waals surface area (Å²) in [5, 5.41) is 16.8. The lowest BCUT2D eigenvalue weighted by molar-refractivity contribution is -0.534. The molecule has 8 nitrogen and oxygen atoms in total. The average Bonchev–Trinajstić information content (AvgIpc) is 3.57. The van der Waals surface area contributed by atoms with Gasteiger partial charge in [-0.05, 0) is 64.7 Å². The van der Waals surface area contributed by atoms with Crippen LogP contribution >= 0.6 is 39.1 Å². The van der Waals surface area contributed by atoms with Gasteiger partial charge in [0.1, 0.15) is 6.61 Å². The standard InChI is InChI=1S/C28H24BrCl2N3O5/c1-38-23-12-16(11-19(29)25(23)39-14-15-8-9-17(30)13-20(15)31)24-22-7-4-10-33(22)28(26(24)34(36)37)18-5-2-3-6-21(18)32-27(28)35/h2-3,5-6,8-9,11-13,22,24,26H,4,7,10,14H2,1H3,(H,32,35)/t22-,24+,26-,28-/m0/s1. The maximum Gasteiger partial charge on any atom is 0.256 e. The summed E-state index contributed by atoms with van der Waals surface area (Å²) in [6, 6.07) is 14.7. The monoisotopic (exact) mass is 631 g/mol. The van der Waals surface area contributed by atoms with Crippen molar-refractivity contribution < 1.29 is 19.2 Å². The highest BCUT2D eigenvalue weighted by Gasteiger charge is 2.73. The molecule has 3 heterocycles. The molecule has 202 valence electrons. The average molecular weight is 633 g/mol. The van der Waals surface area contributed by atoms with E-state index in [4.69, 9.17) is 32.7 Å². The summed E-state index contributed by atoms with van der Waals surface area (Å²) in [5.74, 6) is -0.0202. The maximum atomic E-state index is 13.7. The molecule has 39 heavy (non-hydrogen) atoms. The minimum absolute atomic E-state index is 0.168. The quantitative estimate of drug-likeness (QED) is 0.250. The van der Waals surface area contributed by atoms with Crippen molar-refractivity contribution in [3.05, 3.63) is 95.9 Å². The molecule has 11 heteroatoms. The van der Waals surface area contributed by atoms with Crippen LogP contribution in [-0.2, 0) is 16.9 Å². The number of hydrogen-bond acceptors (Lipinski definition) is 6. The topological polar surface area (TPSA) is 93.9 Å². The van der Waals surface area contributed by atoms with Crippen LogP contribution in [0.4, 0.5) is 5.69 Å². The van der Waals surface area contributed by atoms with Crippen molar-refractivity contribution in [2.75, 3.05) is 19.0 Å². The number of anilines is 1. The van der Waals surface area contributed by atoms with Gasteiger partial charge in [0.05, 0.1) is 17.5 Å². The lowest BCUT2D eigenvalue weighted by Crippen LogP contribution is -2.55. The molecule has 1 spiro atoms. The fourth-order valence-corrected chi connectivity index (χ4v) is 7.67. The molecule has 0 saturated carbocycles. The second kappa shape index (κ2) is 9.96. The van der Waals surface area contributed by atoms with Crippen molar-refractivity contribution in [1.82, 2.24) is 4.90 Å². The molecule has 0 aromatic heterocycles. The number of ether oxygens (including phenoxy) is 2. The molecule has 4 atom stereocenters. The number of para-hydroxylation sites is 1. The molecule has 0 radical (unpaired) electrons. The van der Waals surface area contributed by atoms with Crippen molar-refractivity contribution in [2.24, 2.45) is 0 Å². The van der Waals surface area contributed by atoms with Gasteiger partial charge in [-0.15, -0.1) is 0 Å². The summed E-state index contributed by atoms with van der Waals surface area (Å²) < 4.78 is 12.4. The normalized spacial score (nSPS) is 25.4. The highest BCUT2D eigenvalue weighted by atomic mass is 79.9. The zero-order chi connectivity index (χ0) is 27.5. The number of methoxy groups -OCH3 is 1. The van der Waals surface area contributed by atoms with Crippen LogP contribution in [-0.4, -0.2) is 41.5 Å². The van der Waals surface area contributed by atoms with E-state index >= 15 is 0 Å². The summed E-state index contributed by atoms with van der Waals surface area (Å²) in [6.45, 7) is 0.774. The highest BCUT2D eigenvalue weighted by molar-refractivity contribution is 9.10. The minimum atomic E-state index is -1.38.